The van der Waals surface area contributed by atoms with E-state index in [0.29, 0.717) is 12.5 Å². The topological polar surface area (TPSA) is 35.0 Å². The zero-order valence-electron chi connectivity index (χ0n) is 22.9. The van der Waals surface area contributed by atoms with Crippen LogP contribution in [0.3, 0.4) is 0 Å². The molecule has 1 aliphatic rings. The Labute approximate surface area is 219 Å². The van der Waals surface area contributed by atoms with Gasteiger partial charge in [-0.25, -0.2) is 9.97 Å². The van der Waals surface area contributed by atoms with Gasteiger partial charge >= 0.3 is 0 Å². The molecule has 0 bridgehead atoms. The van der Waals surface area contributed by atoms with Crippen LogP contribution in [-0.4, -0.2) is 24.6 Å². The standard InChI is InChI=1S/C32H44N2OSi/c1-5-7-22-35-30-24-33-32(28-16-14-26(15-17-28)25-12-10-9-11-13-25)34-31(30)27-18-20-29(21-19-27)36(3,4)23-8-6-2/h14-21,24-25H,5-13,22-23H2,1-4H3. The summed E-state index contributed by atoms with van der Waals surface area (Å²) >= 11 is 0. The molecule has 0 saturated heterocycles. The van der Waals surface area contributed by atoms with Crippen LogP contribution in [0.1, 0.15) is 83.1 Å². The van der Waals surface area contributed by atoms with Gasteiger partial charge in [-0.05, 0) is 30.7 Å². The number of nitrogens with zero attached hydrogens (tertiary/aromatic N) is 2. The summed E-state index contributed by atoms with van der Waals surface area (Å²) in [4.78, 5) is 9.77. The average Bonchev–Trinajstić information content (AvgIpc) is 2.93. The predicted octanol–water partition coefficient (Wildman–Crippen LogP) is 8.75. The number of hydrogen-bond acceptors (Lipinski definition) is 3. The summed E-state index contributed by atoms with van der Waals surface area (Å²) in [6.45, 7) is 10.1. The van der Waals surface area contributed by atoms with Gasteiger partial charge in [-0.1, -0.05) is 125 Å². The van der Waals surface area contributed by atoms with Gasteiger partial charge in [0.1, 0.15) is 5.69 Å². The summed E-state index contributed by atoms with van der Waals surface area (Å²) in [5.41, 5.74) is 4.53. The molecule has 1 saturated carbocycles. The summed E-state index contributed by atoms with van der Waals surface area (Å²) in [6.07, 6.45) is 13.3. The Morgan fingerprint density at radius 1 is 0.833 bits per heavy atom. The van der Waals surface area contributed by atoms with E-state index >= 15 is 0 Å². The summed E-state index contributed by atoms with van der Waals surface area (Å²) in [7, 11) is -1.41. The van der Waals surface area contributed by atoms with Gasteiger partial charge in [0.25, 0.3) is 0 Å². The minimum absolute atomic E-state index is 0.692. The number of unbranched alkanes of at least 4 members (excludes halogenated alkanes) is 2. The second kappa shape index (κ2) is 12.7. The lowest BCUT2D eigenvalue weighted by Crippen LogP contribution is -2.40. The van der Waals surface area contributed by atoms with Crippen molar-refractivity contribution in [3.05, 3.63) is 60.3 Å². The zero-order chi connectivity index (χ0) is 25.4. The van der Waals surface area contributed by atoms with Gasteiger partial charge in [0.05, 0.1) is 20.9 Å². The number of benzene rings is 2. The van der Waals surface area contributed by atoms with E-state index in [9.17, 15) is 0 Å². The highest BCUT2D eigenvalue weighted by atomic mass is 28.3. The van der Waals surface area contributed by atoms with Crippen LogP contribution in [0.2, 0.25) is 19.1 Å². The van der Waals surface area contributed by atoms with Gasteiger partial charge in [0, 0.05) is 11.1 Å². The monoisotopic (exact) mass is 500 g/mol. The van der Waals surface area contributed by atoms with Crippen LogP contribution in [-0.2, 0) is 0 Å². The lowest BCUT2D eigenvalue weighted by atomic mass is 9.84. The van der Waals surface area contributed by atoms with E-state index in [1.54, 1.807) is 0 Å². The average molecular weight is 501 g/mol. The van der Waals surface area contributed by atoms with E-state index < -0.39 is 8.07 Å². The quantitative estimate of drug-likeness (QED) is 0.195. The third kappa shape index (κ3) is 6.64. The lowest BCUT2D eigenvalue weighted by Gasteiger charge is -2.23. The molecular weight excluding hydrogens is 456 g/mol. The minimum atomic E-state index is -1.41. The normalized spacial score (nSPS) is 14.7. The Kier molecular flexibility index (Phi) is 9.36. The molecule has 0 unspecified atom stereocenters. The van der Waals surface area contributed by atoms with Gasteiger partial charge in [-0.2, -0.15) is 0 Å². The Hall–Kier alpha value is -2.46. The Morgan fingerprint density at radius 3 is 2.17 bits per heavy atom. The Morgan fingerprint density at radius 2 is 1.50 bits per heavy atom. The third-order valence-corrected chi connectivity index (χ3v) is 11.4. The maximum Gasteiger partial charge on any atom is 0.163 e. The molecular formula is C32H44N2OSi. The summed E-state index contributed by atoms with van der Waals surface area (Å²) < 4.78 is 6.16. The van der Waals surface area contributed by atoms with E-state index in [4.69, 9.17) is 14.7 Å². The fraction of sp³-hybridized carbons (Fsp3) is 0.500. The van der Waals surface area contributed by atoms with Gasteiger partial charge in [-0.15, -0.1) is 0 Å². The number of aromatic nitrogens is 2. The molecule has 0 aliphatic heterocycles. The largest absolute Gasteiger partial charge is 0.490 e. The minimum Gasteiger partial charge on any atom is -0.490 e. The fourth-order valence-electron chi connectivity index (χ4n) is 5.33. The van der Waals surface area contributed by atoms with Crippen molar-refractivity contribution in [1.29, 1.82) is 0 Å². The molecule has 0 spiro atoms. The molecule has 4 heteroatoms. The first-order chi connectivity index (χ1) is 17.5. The van der Waals surface area contributed by atoms with E-state index in [2.05, 4.69) is 75.5 Å². The maximum atomic E-state index is 6.16. The van der Waals surface area contributed by atoms with Crippen molar-refractivity contribution in [2.75, 3.05) is 6.61 Å². The van der Waals surface area contributed by atoms with Gasteiger partial charge in [0.15, 0.2) is 11.6 Å². The maximum absolute atomic E-state index is 6.16. The number of rotatable bonds is 11. The van der Waals surface area contributed by atoms with Crippen LogP contribution in [0.25, 0.3) is 22.6 Å². The van der Waals surface area contributed by atoms with Crippen LogP contribution in [0, 0.1) is 0 Å². The summed E-state index contributed by atoms with van der Waals surface area (Å²) in [5, 5.41) is 1.51. The first-order valence-electron chi connectivity index (χ1n) is 14.2. The van der Waals surface area contributed by atoms with Crippen LogP contribution < -0.4 is 9.92 Å². The smallest absolute Gasteiger partial charge is 0.163 e. The van der Waals surface area contributed by atoms with E-state index in [1.165, 1.54) is 61.7 Å². The Bertz CT molecular complexity index is 1090. The Balaban J connectivity index is 1.61. The molecule has 36 heavy (non-hydrogen) atoms. The number of ether oxygens (including phenoxy) is 1. The van der Waals surface area contributed by atoms with Crippen LogP contribution in [0.4, 0.5) is 0 Å². The second-order valence-electron chi connectivity index (χ2n) is 11.1. The van der Waals surface area contributed by atoms with Crippen LogP contribution in [0.5, 0.6) is 5.75 Å². The SMILES string of the molecule is CCCCOc1cnc(-c2ccc(C3CCCCC3)cc2)nc1-c1ccc([Si](C)(C)CCCC)cc1. The molecule has 2 aromatic carbocycles. The van der Waals surface area contributed by atoms with E-state index in [-0.39, 0.29) is 0 Å². The van der Waals surface area contributed by atoms with E-state index in [1.807, 2.05) is 6.20 Å². The van der Waals surface area contributed by atoms with Crippen molar-refractivity contribution in [2.45, 2.75) is 96.7 Å². The van der Waals surface area contributed by atoms with Gasteiger partial charge in [-0.3, -0.25) is 0 Å². The molecule has 0 atom stereocenters. The van der Waals surface area contributed by atoms with Crippen molar-refractivity contribution < 1.29 is 4.74 Å². The molecule has 3 nitrogen and oxygen atoms in total. The van der Waals surface area contributed by atoms with Gasteiger partial charge in [0.2, 0.25) is 0 Å². The van der Waals surface area contributed by atoms with E-state index in [0.717, 1.165) is 41.2 Å². The van der Waals surface area contributed by atoms with Crippen molar-refractivity contribution >= 4 is 13.3 Å². The zero-order valence-corrected chi connectivity index (χ0v) is 23.9. The molecule has 4 rings (SSSR count). The first-order valence-corrected chi connectivity index (χ1v) is 17.4. The van der Waals surface area contributed by atoms with Gasteiger partial charge < -0.3 is 4.74 Å². The van der Waals surface area contributed by atoms with Crippen molar-refractivity contribution in [3.63, 3.8) is 0 Å². The highest BCUT2D eigenvalue weighted by molar-refractivity contribution is 6.89. The lowest BCUT2D eigenvalue weighted by molar-refractivity contribution is 0.308. The molecule has 1 aliphatic carbocycles. The predicted molar refractivity (Wildman–Crippen MR) is 156 cm³/mol. The summed E-state index contributed by atoms with van der Waals surface area (Å²) in [5.74, 6) is 2.26. The molecule has 1 fully saturated rings. The van der Waals surface area contributed by atoms with Crippen molar-refractivity contribution in [2.24, 2.45) is 0 Å². The van der Waals surface area contributed by atoms with Crippen molar-refractivity contribution in [1.82, 2.24) is 9.97 Å². The highest BCUT2D eigenvalue weighted by Gasteiger charge is 2.23. The fourth-order valence-corrected chi connectivity index (χ4v) is 7.93. The molecule has 3 aromatic rings. The molecule has 0 amide bonds. The second-order valence-corrected chi connectivity index (χ2v) is 16.0. The van der Waals surface area contributed by atoms with Crippen molar-refractivity contribution in [3.8, 4) is 28.4 Å². The molecule has 192 valence electrons. The molecule has 1 aromatic heterocycles. The first kappa shape index (κ1) is 26.6. The van der Waals surface area contributed by atoms with Crippen LogP contribution >= 0.6 is 0 Å². The highest BCUT2D eigenvalue weighted by Crippen LogP contribution is 2.34. The van der Waals surface area contributed by atoms with Crippen LogP contribution in [0.15, 0.2) is 54.7 Å². The summed E-state index contributed by atoms with van der Waals surface area (Å²) in [6, 6.07) is 19.4. The molecule has 0 radical (unpaired) electrons. The molecule has 1 heterocycles. The third-order valence-electron chi connectivity index (χ3n) is 7.85. The number of hydrogen-bond donors (Lipinski definition) is 0. The molecule has 0 N–H and O–H groups in total.